The Bertz CT molecular complexity index is 1020. The number of rotatable bonds is 3. The Kier molecular flexibility index (Phi) is 4.58. The van der Waals surface area contributed by atoms with Crippen LogP contribution in [0.3, 0.4) is 0 Å². The first-order valence-electron chi connectivity index (χ1n) is 7.72. The van der Waals surface area contributed by atoms with Crippen molar-refractivity contribution < 1.29 is 14.7 Å². The minimum absolute atomic E-state index is 0.0387. The van der Waals surface area contributed by atoms with E-state index in [1.165, 1.54) is 22.8 Å². The molecule has 0 aliphatic rings. The number of carbonyl (C=O) groups excluding carboxylic acids is 2. The number of hydrogen-bond donors (Lipinski definition) is 1. The molecule has 0 aliphatic heterocycles. The van der Waals surface area contributed by atoms with E-state index in [4.69, 9.17) is 23.2 Å². The molecule has 1 aromatic heterocycles. The van der Waals surface area contributed by atoms with Crippen molar-refractivity contribution in [3.63, 3.8) is 0 Å². The number of ketones is 1. The topological polar surface area (TPSA) is 59.3 Å². The zero-order valence-corrected chi connectivity index (χ0v) is 15.1. The van der Waals surface area contributed by atoms with Gasteiger partial charge in [-0.15, -0.1) is 0 Å². The zero-order chi connectivity index (χ0) is 18.3. The Morgan fingerprint density at radius 2 is 1.80 bits per heavy atom. The Morgan fingerprint density at radius 3 is 2.44 bits per heavy atom. The summed E-state index contributed by atoms with van der Waals surface area (Å²) >= 11 is 11.9. The molecule has 0 bridgehead atoms. The molecular formula is C19H15Cl2NO3. The lowest BCUT2D eigenvalue weighted by Gasteiger charge is -2.08. The Morgan fingerprint density at radius 1 is 1.08 bits per heavy atom. The highest BCUT2D eigenvalue weighted by Crippen LogP contribution is 2.31. The highest BCUT2D eigenvalue weighted by Gasteiger charge is 2.23. The highest BCUT2D eigenvalue weighted by atomic mass is 35.5. The van der Waals surface area contributed by atoms with Crippen LogP contribution in [0.5, 0.6) is 5.75 Å². The molecule has 128 valence electrons. The number of carbonyl (C=O) groups is 2. The molecular weight excluding hydrogens is 361 g/mol. The van der Waals surface area contributed by atoms with E-state index in [0.29, 0.717) is 39.2 Å². The predicted molar refractivity (Wildman–Crippen MR) is 99.2 cm³/mol. The third-order valence-electron chi connectivity index (χ3n) is 4.16. The van der Waals surface area contributed by atoms with Gasteiger partial charge >= 0.3 is 0 Å². The van der Waals surface area contributed by atoms with Crippen LogP contribution in [0.2, 0.25) is 10.0 Å². The number of halogens is 2. The van der Waals surface area contributed by atoms with Crippen molar-refractivity contribution in [1.82, 2.24) is 4.57 Å². The summed E-state index contributed by atoms with van der Waals surface area (Å²) in [4.78, 5) is 25.4. The molecule has 3 rings (SSSR count). The van der Waals surface area contributed by atoms with Crippen LogP contribution < -0.4 is 0 Å². The summed E-state index contributed by atoms with van der Waals surface area (Å²) < 4.78 is 1.47. The number of aromatic nitrogens is 1. The van der Waals surface area contributed by atoms with Gasteiger partial charge in [-0.05, 0) is 43.3 Å². The van der Waals surface area contributed by atoms with Crippen LogP contribution in [0.25, 0.3) is 10.9 Å². The molecule has 0 spiro atoms. The predicted octanol–water partition coefficient (Wildman–Crippen LogP) is 5.24. The van der Waals surface area contributed by atoms with Gasteiger partial charge in [0, 0.05) is 28.6 Å². The third kappa shape index (κ3) is 2.92. The van der Waals surface area contributed by atoms with Crippen LogP contribution >= 0.6 is 23.2 Å². The lowest BCUT2D eigenvalue weighted by Crippen LogP contribution is -2.14. The van der Waals surface area contributed by atoms with E-state index in [2.05, 4.69) is 0 Å². The fraction of sp³-hybridized carbons (Fsp3) is 0.158. The number of hydrogen-bond acceptors (Lipinski definition) is 3. The molecule has 0 unspecified atom stereocenters. The average molecular weight is 376 g/mol. The number of phenolic OH excluding ortho intramolecular Hbond substituents is 1. The quantitative estimate of drug-likeness (QED) is 0.636. The standard InChI is InChI=1S/C19H15Cl2NO3/c1-3-17(24)18-10(2)22(16-7-5-12(23)9-13(16)18)19(25)11-4-6-14(20)15(21)8-11/h4-9,23H,3H2,1-2H3. The van der Waals surface area contributed by atoms with Crippen molar-refractivity contribution in [2.24, 2.45) is 0 Å². The first-order chi connectivity index (χ1) is 11.8. The lowest BCUT2D eigenvalue weighted by atomic mass is 10.1. The van der Waals surface area contributed by atoms with E-state index >= 15 is 0 Å². The number of aromatic hydroxyl groups is 1. The van der Waals surface area contributed by atoms with Crippen LogP contribution in [-0.4, -0.2) is 21.4 Å². The molecule has 0 aliphatic carbocycles. The average Bonchev–Trinajstić information content (AvgIpc) is 2.87. The Balaban J connectivity index is 2.28. The number of phenols is 1. The molecule has 0 atom stereocenters. The molecule has 25 heavy (non-hydrogen) atoms. The van der Waals surface area contributed by atoms with Crippen LogP contribution in [0.4, 0.5) is 0 Å². The van der Waals surface area contributed by atoms with Crippen LogP contribution in [0.15, 0.2) is 36.4 Å². The maximum Gasteiger partial charge on any atom is 0.262 e. The maximum atomic E-state index is 13.0. The molecule has 0 amide bonds. The van der Waals surface area contributed by atoms with Gasteiger partial charge in [0.1, 0.15) is 5.75 Å². The smallest absolute Gasteiger partial charge is 0.262 e. The first kappa shape index (κ1) is 17.5. The van der Waals surface area contributed by atoms with Gasteiger partial charge in [0.25, 0.3) is 5.91 Å². The van der Waals surface area contributed by atoms with Crippen LogP contribution in [-0.2, 0) is 0 Å². The SMILES string of the molecule is CCC(=O)c1c(C)n(C(=O)c2ccc(Cl)c(Cl)c2)c2ccc(O)cc12. The monoisotopic (exact) mass is 375 g/mol. The maximum absolute atomic E-state index is 13.0. The normalized spacial score (nSPS) is 11.0. The zero-order valence-electron chi connectivity index (χ0n) is 13.6. The minimum Gasteiger partial charge on any atom is -0.508 e. The second-order valence-corrected chi connectivity index (χ2v) is 6.52. The fourth-order valence-electron chi connectivity index (χ4n) is 2.96. The number of benzene rings is 2. The lowest BCUT2D eigenvalue weighted by molar-refractivity contribution is 0.0963. The van der Waals surface area contributed by atoms with Crippen molar-refractivity contribution in [1.29, 1.82) is 0 Å². The summed E-state index contributed by atoms with van der Waals surface area (Å²) in [6.45, 7) is 3.48. The van der Waals surface area contributed by atoms with E-state index in [1.54, 1.807) is 32.0 Å². The molecule has 0 fully saturated rings. The van der Waals surface area contributed by atoms with E-state index in [9.17, 15) is 14.7 Å². The molecule has 6 heteroatoms. The van der Waals surface area contributed by atoms with Gasteiger partial charge in [0.2, 0.25) is 0 Å². The van der Waals surface area contributed by atoms with E-state index in [-0.39, 0.29) is 22.5 Å². The second-order valence-electron chi connectivity index (χ2n) is 5.71. The second kappa shape index (κ2) is 6.54. The third-order valence-corrected chi connectivity index (χ3v) is 4.90. The van der Waals surface area contributed by atoms with Crippen LogP contribution in [0.1, 0.15) is 39.8 Å². The number of nitrogens with zero attached hydrogens (tertiary/aromatic N) is 1. The van der Waals surface area contributed by atoms with E-state index < -0.39 is 0 Å². The van der Waals surface area contributed by atoms with Gasteiger partial charge in [-0.1, -0.05) is 30.1 Å². The summed E-state index contributed by atoms with van der Waals surface area (Å²) in [5.41, 5.74) is 1.89. The largest absolute Gasteiger partial charge is 0.508 e. The van der Waals surface area contributed by atoms with Gasteiger partial charge in [-0.3, -0.25) is 14.2 Å². The van der Waals surface area contributed by atoms with Gasteiger partial charge in [0.05, 0.1) is 15.6 Å². The van der Waals surface area contributed by atoms with Crippen molar-refractivity contribution in [2.75, 3.05) is 0 Å². The van der Waals surface area contributed by atoms with Crippen molar-refractivity contribution in [3.05, 3.63) is 63.3 Å². The van der Waals surface area contributed by atoms with Gasteiger partial charge in [-0.25, -0.2) is 0 Å². The number of Topliss-reactive ketones (excluding diaryl/α,β-unsaturated/α-hetero) is 1. The molecule has 3 aromatic rings. The van der Waals surface area contributed by atoms with Crippen LogP contribution in [0, 0.1) is 6.92 Å². The first-order valence-corrected chi connectivity index (χ1v) is 8.47. The van der Waals surface area contributed by atoms with E-state index in [0.717, 1.165) is 0 Å². The van der Waals surface area contributed by atoms with E-state index in [1.807, 2.05) is 0 Å². The van der Waals surface area contributed by atoms with Crippen molar-refractivity contribution in [3.8, 4) is 5.75 Å². The van der Waals surface area contributed by atoms with Crippen molar-refractivity contribution >= 4 is 45.8 Å². The minimum atomic E-state index is -0.318. The van der Waals surface area contributed by atoms with Gasteiger partial charge in [0.15, 0.2) is 5.78 Å². The highest BCUT2D eigenvalue weighted by molar-refractivity contribution is 6.42. The molecule has 1 heterocycles. The fourth-order valence-corrected chi connectivity index (χ4v) is 3.25. The molecule has 4 nitrogen and oxygen atoms in total. The molecule has 2 aromatic carbocycles. The summed E-state index contributed by atoms with van der Waals surface area (Å²) in [7, 11) is 0. The number of fused-ring (bicyclic) bond motifs is 1. The Hall–Kier alpha value is -2.30. The summed E-state index contributed by atoms with van der Waals surface area (Å²) in [6, 6.07) is 9.26. The molecule has 0 saturated heterocycles. The summed E-state index contributed by atoms with van der Waals surface area (Å²) in [6.07, 6.45) is 0.302. The molecule has 0 saturated carbocycles. The van der Waals surface area contributed by atoms with Gasteiger partial charge in [-0.2, -0.15) is 0 Å². The van der Waals surface area contributed by atoms with Gasteiger partial charge < -0.3 is 5.11 Å². The Labute approximate surface area is 154 Å². The molecule has 1 N–H and O–H groups in total. The molecule has 0 radical (unpaired) electrons. The van der Waals surface area contributed by atoms with Crippen molar-refractivity contribution in [2.45, 2.75) is 20.3 Å². The summed E-state index contributed by atoms with van der Waals surface area (Å²) in [5, 5.41) is 11.0. The summed E-state index contributed by atoms with van der Waals surface area (Å²) in [5.74, 6) is -0.368.